The van der Waals surface area contributed by atoms with E-state index in [1.54, 1.807) is 0 Å². The molecule has 1 fully saturated rings. The normalized spacial score (nSPS) is 38.6. The van der Waals surface area contributed by atoms with Gasteiger partial charge in [0.05, 0.1) is 12.2 Å². The maximum atomic E-state index is 5.22. The molecule has 0 aromatic heterocycles. The third-order valence-electron chi connectivity index (χ3n) is 1.49. The van der Waals surface area contributed by atoms with Crippen molar-refractivity contribution in [2.45, 2.75) is 38.9 Å². The Hall–Kier alpha value is -0.0400. The minimum atomic E-state index is 0.616. The van der Waals surface area contributed by atoms with Gasteiger partial charge in [0.2, 0.25) is 0 Å². The van der Waals surface area contributed by atoms with Gasteiger partial charge in [0.1, 0.15) is 0 Å². The highest BCUT2D eigenvalue weighted by Crippen LogP contribution is 2.26. The average Bonchev–Trinajstić information content (AvgIpc) is 2.43. The number of rotatable bonds is 2. The monoisotopic (exact) mass is 100 g/mol. The number of hydrogen-bond donors (Lipinski definition) is 0. The summed E-state index contributed by atoms with van der Waals surface area (Å²) in [4.78, 5) is 0. The highest BCUT2D eigenvalue weighted by Gasteiger charge is 2.34. The van der Waals surface area contributed by atoms with Crippen LogP contribution in [0.2, 0.25) is 0 Å². The Morgan fingerprint density at radius 1 is 1.14 bits per heavy atom. The number of hydrogen-bond acceptors (Lipinski definition) is 1. The van der Waals surface area contributed by atoms with Crippen molar-refractivity contribution < 1.29 is 4.74 Å². The van der Waals surface area contributed by atoms with Crippen molar-refractivity contribution in [2.75, 3.05) is 0 Å². The molecule has 1 aliphatic heterocycles. The predicted octanol–water partition coefficient (Wildman–Crippen LogP) is 1.57. The lowest BCUT2D eigenvalue weighted by Gasteiger charge is -1.77. The minimum absolute atomic E-state index is 0.616. The molecule has 0 aromatic carbocycles. The summed E-state index contributed by atoms with van der Waals surface area (Å²) in [6.07, 6.45) is 3.62. The lowest BCUT2D eigenvalue weighted by molar-refractivity contribution is 0.363. The molecule has 0 N–H and O–H groups in total. The first-order valence-electron chi connectivity index (χ1n) is 3.04. The Morgan fingerprint density at radius 2 is 1.57 bits per heavy atom. The van der Waals surface area contributed by atoms with Gasteiger partial charge < -0.3 is 4.74 Å². The molecular formula is C6H12O. The van der Waals surface area contributed by atoms with Crippen LogP contribution < -0.4 is 0 Å². The molecule has 0 aliphatic carbocycles. The zero-order valence-corrected chi connectivity index (χ0v) is 4.98. The van der Waals surface area contributed by atoms with E-state index < -0.39 is 0 Å². The summed E-state index contributed by atoms with van der Waals surface area (Å²) in [6, 6.07) is 0. The van der Waals surface area contributed by atoms with Gasteiger partial charge in [-0.3, -0.25) is 0 Å². The Morgan fingerprint density at radius 3 is 1.71 bits per heavy atom. The second-order valence-corrected chi connectivity index (χ2v) is 2.03. The van der Waals surface area contributed by atoms with Gasteiger partial charge in [-0.05, 0) is 12.8 Å². The molecule has 0 radical (unpaired) electrons. The summed E-state index contributed by atoms with van der Waals surface area (Å²) in [5, 5.41) is 0. The first-order chi connectivity index (χ1) is 3.38. The van der Waals surface area contributed by atoms with Crippen LogP contribution in [0.5, 0.6) is 0 Å². The van der Waals surface area contributed by atoms with Crippen molar-refractivity contribution in [1.29, 1.82) is 0 Å². The van der Waals surface area contributed by atoms with Gasteiger partial charge in [-0.1, -0.05) is 13.8 Å². The molecule has 1 rings (SSSR count). The fourth-order valence-electron chi connectivity index (χ4n) is 0.897. The zero-order valence-electron chi connectivity index (χ0n) is 4.98. The molecule has 42 valence electrons. The van der Waals surface area contributed by atoms with Crippen LogP contribution in [0.25, 0.3) is 0 Å². The third-order valence-corrected chi connectivity index (χ3v) is 1.49. The molecular weight excluding hydrogens is 88.1 g/mol. The van der Waals surface area contributed by atoms with Crippen molar-refractivity contribution in [3.63, 3.8) is 0 Å². The molecule has 0 amide bonds. The molecule has 0 saturated carbocycles. The van der Waals surface area contributed by atoms with Gasteiger partial charge in [0, 0.05) is 0 Å². The van der Waals surface area contributed by atoms with Crippen LogP contribution in [0, 0.1) is 0 Å². The molecule has 0 unspecified atom stereocenters. The summed E-state index contributed by atoms with van der Waals surface area (Å²) >= 11 is 0. The van der Waals surface area contributed by atoms with E-state index in [1.165, 1.54) is 12.8 Å². The first-order valence-corrected chi connectivity index (χ1v) is 3.04. The van der Waals surface area contributed by atoms with Crippen molar-refractivity contribution in [2.24, 2.45) is 0 Å². The van der Waals surface area contributed by atoms with Gasteiger partial charge >= 0.3 is 0 Å². The van der Waals surface area contributed by atoms with E-state index in [2.05, 4.69) is 13.8 Å². The Bertz CT molecular complexity index is 53.2. The highest BCUT2D eigenvalue weighted by molar-refractivity contribution is 4.81. The maximum Gasteiger partial charge on any atom is 0.0839 e. The lowest BCUT2D eigenvalue weighted by Crippen LogP contribution is -1.87. The standard InChI is InChI=1S/C6H12O/c1-3-5-6(4-2)7-5/h5-6H,3-4H2,1-2H3/t5-,6+. The third kappa shape index (κ3) is 0.942. The van der Waals surface area contributed by atoms with E-state index in [0.29, 0.717) is 12.2 Å². The molecule has 1 aliphatic rings. The van der Waals surface area contributed by atoms with Crippen molar-refractivity contribution in [3.05, 3.63) is 0 Å². The molecule has 0 spiro atoms. The summed E-state index contributed by atoms with van der Waals surface area (Å²) in [5.41, 5.74) is 0. The predicted molar refractivity (Wildman–Crippen MR) is 29.2 cm³/mol. The molecule has 1 saturated heterocycles. The van der Waals surface area contributed by atoms with Crippen molar-refractivity contribution in [1.82, 2.24) is 0 Å². The van der Waals surface area contributed by atoms with Crippen LogP contribution in [0.3, 0.4) is 0 Å². The fourth-order valence-corrected chi connectivity index (χ4v) is 0.897. The quantitative estimate of drug-likeness (QED) is 0.480. The van der Waals surface area contributed by atoms with E-state index in [0.717, 1.165) is 0 Å². The molecule has 7 heavy (non-hydrogen) atoms. The molecule has 1 heterocycles. The van der Waals surface area contributed by atoms with E-state index in [4.69, 9.17) is 4.74 Å². The summed E-state index contributed by atoms with van der Waals surface area (Å²) in [7, 11) is 0. The largest absolute Gasteiger partial charge is 0.370 e. The molecule has 0 bridgehead atoms. The average molecular weight is 100 g/mol. The number of epoxide rings is 1. The van der Waals surface area contributed by atoms with Gasteiger partial charge in [0.25, 0.3) is 0 Å². The number of ether oxygens (including phenoxy) is 1. The topological polar surface area (TPSA) is 12.5 Å². The van der Waals surface area contributed by atoms with Gasteiger partial charge in [0.15, 0.2) is 0 Å². The van der Waals surface area contributed by atoms with Crippen LogP contribution >= 0.6 is 0 Å². The summed E-state index contributed by atoms with van der Waals surface area (Å²) in [5.74, 6) is 0. The van der Waals surface area contributed by atoms with Gasteiger partial charge in [-0.2, -0.15) is 0 Å². The summed E-state index contributed by atoms with van der Waals surface area (Å²) < 4.78 is 5.22. The van der Waals surface area contributed by atoms with E-state index in [1.807, 2.05) is 0 Å². The van der Waals surface area contributed by atoms with Crippen molar-refractivity contribution in [3.8, 4) is 0 Å². The van der Waals surface area contributed by atoms with Crippen molar-refractivity contribution >= 4 is 0 Å². The SMILES string of the molecule is CC[C@@H]1O[C@@H]1CC. The van der Waals surface area contributed by atoms with Gasteiger partial charge in [-0.15, -0.1) is 0 Å². The van der Waals surface area contributed by atoms with Crippen LogP contribution in [0.15, 0.2) is 0 Å². The Balaban J connectivity index is 2.06. The van der Waals surface area contributed by atoms with Gasteiger partial charge in [-0.25, -0.2) is 0 Å². The molecule has 2 atom stereocenters. The second-order valence-electron chi connectivity index (χ2n) is 2.03. The molecule has 1 heteroatoms. The van der Waals surface area contributed by atoms with E-state index in [9.17, 15) is 0 Å². The molecule has 1 nitrogen and oxygen atoms in total. The van der Waals surface area contributed by atoms with Crippen LogP contribution in [0.1, 0.15) is 26.7 Å². The lowest BCUT2D eigenvalue weighted by atomic mass is 10.2. The molecule has 0 aromatic rings. The Labute approximate surface area is 44.7 Å². The van der Waals surface area contributed by atoms with Crippen LogP contribution in [-0.4, -0.2) is 12.2 Å². The van der Waals surface area contributed by atoms with Crippen LogP contribution in [0.4, 0.5) is 0 Å². The first kappa shape index (κ1) is 5.10. The fraction of sp³-hybridized carbons (Fsp3) is 1.00. The van der Waals surface area contributed by atoms with Crippen LogP contribution in [-0.2, 0) is 4.74 Å². The minimum Gasteiger partial charge on any atom is -0.370 e. The second kappa shape index (κ2) is 1.83. The smallest absolute Gasteiger partial charge is 0.0839 e. The maximum absolute atomic E-state index is 5.22. The Kier molecular flexibility index (Phi) is 1.33. The highest BCUT2D eigenvalue weighted by atomic mass is 16.6. The van der Waals surface area contributed by atoms with E-state index >= 15 is 0 Å². The zero-order chi connectivity index (χ0) is 5.28. The summed E-state index contributed by atoms with van der Waals surface area (Å²) in [6.45, 7) is 4.33. The van der Waals surface area contributed by atoms with E-state index in [-0.39, 0.29) is 0 Å².